The van der Waals surface area contributed by atoms with E-state index >= 15 is 0 Å². The Balaban J connectivity index is 2.66. The first-order chi connectivity index (χ1) is 7.83. The third-order valence-corrected chi connectivity index (χ3v) is 7.83. The normalized spacial score (nSPS) is 23.5. The maximum atomic E-state index is 6.18. The van der Waals surface area contributed by atoms with E-state index in [1.54, 1.807) is 0 Å². The van der Waals surface area contributed by atoms with Crippen LogP contribution >= 0.6 is 0 Å². The lowest BCUT2D eigenvalue weighted by Gasteiger charge is -2.36. The van der Waals surface area contributed by atoms with Crippen LogP contribution in [0.1, 0.15) is 40.0 Å². The summed E-state index contributed by atoms with van der Waals surface area (Å²) >= 11 is 0. The summed E-state index contributed by atoms with van der Waals surface area (Å²) in [5.41, 5.74) is 0. The topological polar surface area (TPSA) is 18.5 Å². The summed E-state index contributed by atoms with van der Waals surface area (Å²) in [4.78, 5) is 0. The molecule has 0 bridgehead atoms. The van der Waals surface area contributed by atoms with Gasteiger partial charge in [0.15, 0.2) is 0 Å². The third-order valence-electron chi connectivity index (χ3n) is 3.50. The van der Waals surface area contributed by atoms with Gasteiger partial charge in [-0.3, -0.25) is 0 Å². The van der Waals surface area contributed by atoms with E-state index < -0.39 is 8.32 Å². The number of hydrogen-bond acceptors (Lipinski definition) is 2. The van der Waals surface area contributed by atoms with Crippen LogP contribution in [0.5, 0.6) is 0 Å². The molecule has 0 aromatic rings. The van der Waals surface area contributed by atoms with Crippen molar-refractivity contribution in [2.45, 2.75) is 58.2 Å². The first kappa shape index (κ1) is 14.4. The van der Waals surface area contributed by atoms with Crippen molar-refractivity contribution in [3.05, 3.63) is 24.2 Å². The molecule has 0 N–H and O–H groups in total. The highest BCUT2D eigenvalue weighted by Crippen LogP contribution is 2.38. The summed E-state index contributed by atoms with van der Waals surface area (Å²) in [6.07, 6.45) is 9.54. The van der Waals surface area contributed by atoms with Gasteiger partial charge in [0.05, 0.1) is 6.61 Å². The van der Waals surface area contributed by atoms with E-state index in [2.05, 4.69) is 52.1 Å². The van der Waals surface area contributed by atoms with Crippen LogP contribution in [0.15, 0.2) is 24.2 Å². The predicted molar refractivity (Wildman–Crippen MR) is 75.3 cm³/mol. The van der Waals surface area contributed by atoms with Gasteiger partial charge in [-0.15, -0.1) is 0 Å². The van der Waals surface area contributed by atoms with Gasteiger partial charge in [0, 0.05) is 0 Å². The Morgan fingerprint density at radius 3 is 2.41 bits per heavy atom. The van der Waals surface area contributed by atoms with Crippen molar-refractivity contribution in [1.82, 2.24) is 0 Å². The highest BCUT2D eigenvalue weighted by atomic mass is 28.4. The minimum atomic E-state index is -1.76. The first-order valence-corrected chi connectivity index (χ1v) is 9.41. The number of hydrogen-bond donors (Lipinski definition) is 0. The Labute approximate surface area is 107 Å². The van der Waals surface area contributed by atoms with Gasteiger partial charge < -0.3 is 9.16 Å². The van der Waals surface area contributed by atoms with E-state index in [9.17, 15) is 0 Å². The van der Waals surface area contributed by atoms with E-state index in [1.165, 1.54) is 0 Å². The Hall–Kier alpha value is -0.703. The molecule has 3 heteroatoms. The molecule has 1 aliphatic heterocycles. The summed E-state index contributed by atoms with van der Waals surface area (Å²) in [6, 6.07) is 0. The van der Waals surface area contributed by atoms with Gasteiger partial charge in [-0.1, -0.05) is 32.9 Å². The molecule has 0 atom stereocenters. The van der Waals surface area contributed by atoms with Gasteiger partial charge in [-0.05, 0) is 43.5 Å². The highest BCUT2D eigenvalue weighted by molar-refractivity contribution is 6.74. The lowest BCUT2D eigenvalue weighted by Crippen LogP contribution is -2.40. The van der Waals surface area contributed by atoms with Crippen molar-refractivity contribution in [3.8, 4) is 0 Å². The summed E-state index contributed by atoms with van der Waals surface area (Å²) in [6.45, 7) is 12.0. The number of allylic oxidation sites excluding steroid dienone is 2. The maximum Gasteiger partial charge on any atom is 0.261 e. The molecule has 0 spiro atoms. The monoisotopic (exact) mass is 254 g/mol. The second-order valence-electron chi connectivity index (χ2n) is 6.07. The molecule has 0 saturated heterocycles. The zero-order valence-electron chi connectivity index (χ0n) is 11.9. The molecular formula is C14H26O2Si. The standard InChI is InChI=1S/C14H26O2Si/c1-14(2,3)17(4,5)16-13-11-9-7-6-8-10-12-15-13/h6,8,11H,7,9-10,12H2,1-5H3/b8-6-,13-11+. The summed E-state index contributed by atoms with van der Waals surface area (Å²) in [7, 11) is -1.76. The molecule has 17 heavy (non-hydrogen) atoms. The minimum absolute atomic E-state index is 0.216. The van der Waals surface area contributed by atoms with Gasteiger partial charge in [-0.25, -0.2) is 0 Å². The molecule has 1 rings (SSSR count). The van der Waals surface area contributed by atoms with Gasteiger partial charge in [0.2, 0.25) is 0 Å². The van der Waals surface area contributed by atoms with Gasteiger partial charge in [-0.2, -0.15) is 0 Å². The van der Waals surface area contributed by atoms with Crippen LogP contribution < -0.4 is 0 Å². The third kappa shape index (κ3) is 4.58. The SMILES string of the molecule is CC(C)(C)[Si](C)(C)O/C1=C/CC/C=C\CCO1. The van der Waals surface area contributed by atoms with Crippen molar-refractivity contribution in [1.29, 1.82) is 0 Å². The fraction of sp³-hybridized carbons (Fsp3) is 0.714. The van der Waals surface area contributed by atoms with Crippen LogP contribution in [0.25, 0.3) is 0 Å². The average molecular weight is 254 g/mol. The second kappa shape index (κ2) is 5.76. The van der Waals surface area contributed by atoms with Crippen LogP contribution in [-0.2, 0) is 9.16 Å². The summed E-state index contributed by atoms with van der Waals surface area (Å²) in [5, 5.41) is 0.216. The van der Waals surface area contributed by atoms with Gasteiger partial charge in [0.25, 0.3) is 14.3 Å². The van der Waals surface area contributed by atoms with Crippen LogP contribution in [0.3, 0.4) is 0 Å². The van der Waals surface area contributed by atoms with Crippen molar-refractivity contribution in [3.63, 3.8) is 0 Å². The Bertz CT molecular complexity index is 298. The van der Waals surface area contributed by atoms with Crippen LogP contribution in [0, 0.1) is 0 Å². The second-order valence-corrected chi connectivity index (χ2v) is 10.8. The molecule has 1 aliphatic rings. The summed E-state index contributed by atoms with van der Waals surface area (Å²) in [5.74, 6) is 0.750. The zero-order valence-corrected chi connectivity index (χ0v) is 12.9. The largest absolute Gasteiger partial charge is 0.519 e. The van der Waals surface area contributed by atoms with Crippen molar-refractivity contribution in [2.24, 2.45) is 0 Å². The smallest absolute Gasteiger partial charge is 0.261 e. The molecule has 1 heterocycles. The average Bonchev–Trinajstić information content (AvgIpc) is 2.29. The lowest BCUT2D eigenvalue weighted by atomic mass is 10.2. The quantitative estimate of drug-likeness (QED) is 0.529. The van der Waals surface area contributed by atoms with E-state index in [1.807, 2.05) is 0 Å². The molecular weight excluding hydrogens is 228 g/mol. The molecule has 0 amide bonds. The fourth-order valence-corrected chi connectivity index (χ4v) is 2.25. The van der Waals surface area contributed by atoms with Crippen molar-refractivity contribution in [2.75, 3.05) is 6.61 Å². The maximum absolute atomic E-state index is 6.18. The zero-order chi connectivity index (χ0) is 12.9. The van der Waals surface area contributed by atoms with Gasteiger partial charge >= 0.3 is 0 Å². The van der Waals surface area contributed by atoms with Crippen molar-refractivity contribution >= 4 is 8.32 Å². The number of ether oxygens (including phenoxy) is 1. The van der Waals surface area contributed by atoms with E-state index in [0.29, 0.717) is 0 Å². The van der Waals surface area contributed by atoms with Gasteiger partial charge in [0.1, 0.15) is 0 Å². The Morgan fingerprint density at radius 1 is 1.12 bits per heavy atom. The molecule has 2 nitrogen and oxygen atoms in total. The lowest BCUT2D eigenvalue weighted by molar-refractivity contribution is 0.100. The van der Waals surface area contributed by atoms with E-state index in [0.717, 1.165) is 31.8 Å². The molecule has 98 valence electrons. The summed E-state index contributed by atoms with van der Waals surface area (Å²) < 4.78 is 11.9. The Morgan fingerprint density at radius 2 is 1.76 bits per heavy atom. The molecule has 0 saturated carbocycles. The molecule has 0 unspecified atom stereocenters. The van der Waals surface area contributed by atoms with Crippen LogP contribution in [-0.4, -0.2) is 14.9 Å². The number of rotatable bonds is 2. The fourth-order valence-electron chi connectivity index (χ4n) is 1.30. The Kier molecular flexibility index (Phi) is 4.87. The van der Waals surface area contributed by atoms with Crippen LogP contribution in [0.2, 0.25) is 18.1 Å². The molecule has 0 radical (unpaired) electrons. The van der Waals surface area contributed by atoms with E-state index in [4.69, 9.17) is 9.16 Å². The molecule has 0 fully saturated rings. The minimum Gasteiger partial charge on any atom is -0.519 e. The molecule has 0 aromatic heterocycles. The molecule has 0 aromatic carbocycles. The predicted octanol–water partition coefficient (Wildman–Crippen LogP) is 4.61. The first-order valence-electron chi connectivity index (χ1n) is 6.50. The molecule has 0 aliphatic carbocycles. The van der Waals surface area contributed by atoms with E-state index in [-0.39, 0.29) is 5.04 Å². The van der Waals surface area contributed by atoms with Crippen LogP contribution in [0.4, 0.5) is 0 Å². The van der Waals surface area contributed by atoms with Crippen molar-refractivity contribution < 1.29 is 9.16 Å². The highest BCUT2D eigenvalue weighted by Gasteiger charge is 2.39.